The third kappa shape index (κ3) is 19.0. The Balaban J connectivity index is 0. The minimum absolute atomic E-state index is 0.269. The zero-order valence-corrected chi connectivity index (χ0v) is 20.2. The first-order valence-electron chi connectivity index (χ1n) is 11.1. The molecular weight excluding hydrogens is 484 g/mol. The van der Waals surface area contributed by atoms with E-state index in [-0.39, 0.29) is 6.04 Å². The first-order valence-corrected chi connectivity index (χ1v) is 11.1. The predicted molar refractivity (Wildman–Crippen MR) is 125 cm³/mol. The summed E-state index contributed by atoms with van der Waals surface area (Å²) >= 11 is 0. The Morgan fingerprint density at radius 1 is 1.03 bits per heavy atom. The van der Waals surface area contributed by atoms with E-state index >= 15 is 0 Å². The molecule has 0 aromatic heterocycles. The van der Waals surface area contributed by atoms with Crippen LogP contribution in [0.25, 0.3) is 0 Å². The van der Waals surface area contributed by atoms with Crippen LogP contribution in [0.5, 0.6) is 0 Å². The highest BCUT2D eigenvalue weighted by Crippen LogP contribution is 2.03. The average Bonchev–Trinajstić information content (AvgIpc) is 3.32. The van der Waals surface area contributed by atoms with Gasteiger partial charge in [-0.3, -0.25) is 24.0 Å². The second kappa shape index (κ2) is 19.9. The van der Waals surface area contributed by atoms with Crippen LogP contribution in [-0.4, -0.2) is 94.9 Å². The highest BCUT2D eigenvalue weighted by Gasteiger charge is 2.23. The molecule has 1 aliphatic rings. The van der Waals surface area contributed by atoms with E-state index in [0.717, 1.165) is 39.2 Å². The maximum absolute atomic E-state index is 11.2. The molecule has 1 rings (SSSR count). The fourth-order valence-electron chi connectivity index (χ4n) is 2.52. The third-order valence-corrected chi connectivity index (χ3v) is 4.44. The molecule has 1 aliphatic heterocycles. The molecular formula is C20H38N6O10. The molecule has 16 heteroatoms. The molecule has 1 fully saturated rings. The van der Waals surface area contributed by atoms with Gasteiger partial charge in [-0.1, -0.05) is 6.42 Å². The van der Waals surface area contributed by atoms with Crippen LogP contribution in [-0.2, 0) is 33.5 Å². The van der Waals surface area contributed by atoms with Crippen molar-refractivity contribution in [3.8, 4) is 0 Å². The lowest BCUT2D eigenvalue weighted by atomic mass is 10.1. The summed E-state index contributed by atoms with van der Waals surface area (Å²) in [7, 11) is 0. The topological polar surface area (TPSA) is 300 Å². The summed E-state index contributed by atoms with van der Waals surface area (Å²) in [6.07, 6.45) is 3.54. The summed E-state index contributed by atoms with van der Waals surface area (Å²) in [4.78, 5) is 63.4. The molecule has 16 nitrogen and oxygen atoms in total. The quantitative estimate of drug-likeness (QED) is 0.0844. The summed E-state index contributed by atoms with van der Waals surface area (Å²) in [6.45, 7) is 2.00. The first kappa shape index (κ1) is 34.8. The number of esters is 1. The number of carbonyl (C=O) groups is 6. The van der Waals surface area contributed by atoms with Crippen molar-refractivity contribution < 1.29 is 48.8 Å². The monoisotopic (exact) mass is 522 g/mol. The number of carboxylic acid groups (broad SMARTS) is 3. The van der Waals surface area contributed by atoms with Crippen molar-refractivity contribution in [1.82, 2.24) is 10.6 Å². The highest BCUT2D eigenvalue weighted by molar-refractivity contribution is 5.85. The Morgan fingerprint density at radius 3 is 2.00 bits per heavy atom. The molecule has 1 saturated heterocycles. The summed E-state index contributed by atoms with van der Waals surface area (Å²) in [5.41, 5.74) is 20.5. The minimum atomic E-state index is -1.37. The maximum Gasteiger partial charge on any atom is 0.329 e. The largest absolute Gasteiger partial charge is 0.480 e. The number of hydrogen-bond donors (Lipinski definition) is 9. The van der Waals surface area contributed by atoms with Gasteiger partial charge in [-0.25, -0.2) is 4.79 Å². The number of unbranched alkanes of at least 4 members (excludes halogenated alkanes) is 1. The molecule has 36 heavy (non-hydrogen) atoms. The lowest BCUT2D eigenvalue weighted by Crippen LogP contribution is -2.45. The minimum Gasteiger partial charge on any atom is -0.480 e. The summed E-state index contributed by atoms with van der Waals surface area (Å²) in [6, 6.07) is -3.61. The Hall–Kier alpha value is -3.34. The van der Waals surface area contributed by atoms with Crippen molar-refractivity contribution in [2.45, 2.75) is 69.6 Å². The van der Waals surface area contributed by atoms with E-state index in [4.69, 9.17) is 38.3 Å². The van der Waals surface area contributed by atoms with Crippen molar-refractivity contribution >= 4 is 35.7 Å². The standard InChI is InChI=1S/C9H15N3O6.C6H14N2O2.C5H9NO2/c1-4(13)12-6(8(15)16)3-18-9(17)5(10)2-7(11)14;7-4-2-1-3-5(8)6(9)10;7-5(8)4-2-1-3-6-4/h5-6H,2-3,10H2,1H3,(H2,11,14)(H,12,13)(H,15,16);5H,1-4,7-8H2,(H,9,10);4,6H,1-3H2,(H,7,8)/t5-,6-;5-;4-/m000/s1. The lowest BCUT2D eigenvalue weighted by molar-refractivity contribution is -0.152. The zero-order valence-electron chi connectivity index (χ0n) is 20.2. The van der Waals surface area contributed by atoms with Crippen LogP contribution in [0.15, 0.2) is 0 Å². The van der Waals surface area contributed by atoms with Crippen LogP contribution in [0.1, 0.15) is 45.4 Å². The smallest absolute Gasteiger partial charge is 0.329 e. The average molecular weight is 523 g/mol. The second-order valence-electron chi connectivity index (χ2n) is 7.71. The van der Waals surface area contributed by atoms with Gasteiger partial charge in [0.25, 0.3) is 0 Å². The summed E-state index contributed by atoms with van der Waals surface area (Å²) in [5, 5.41) is 30.3. The number of nitrogens with two attached hydrogens (primary N) is 4. The summed E-state index contributed by atoms with van der Waals surface area (Å²) in [5.74, 6) is -5.35. The van der Waals surface area contributed by atoms with E-state index in [1.807, 2.05) is 0 Å². The molecule has 0 aromatic carbocycles. The normalized spacial score (nSPS) is 16.5. The number of rotatable bonds is 13. The SMILES string of the molecule is CC(=O)N[C@@H](COC(=O)[C@@H](N)CC(N)=O)C(=O)O.NCCCC[C@H](N)C(=O)O.O=C(O)[C@@H]1CCCN1. The van der Waals surface area contributed by atoms with Gasteiger partial charge in [-0.2, -0.15) is 0 Å². The van der Waals surface area contributed by atoms with Gasteiger partial charge in [0.1, 0.15) is 24.7 Å². The van der Waals surface area contributed by atoms with E-state index in [1.54, 1.807) is 0 Å². The number of primary amides is 1. The van der Waals surface area contributed by atoms with Gasteiger partial charge in [0, 0.05) is 6.92 Å². The van der Waals surface area contributed by atoms with Gasteiger partial charge in [-0.05, 0) is 38.8 Å². The molecule has 13 N–H and O–H groups in total. The fraction of sp³-hybridized carbons (Fsp3) is 0.700. The highest BCUT2D eigenvalue weighted by atomic mass is 16.5. The van der Waals surface area contributed by atoms with E-state index < -0.39 is 66.8 Å². The maximum atomic E-state index is 11.2. The lowest BCUT2D eigenvalue weighted by Gasteiger charge is -2.15. The van der Waals surface area contributed by atoms with E-state index in [2.05, 4.69) is 15.4 Å². The number of carbonyl (C=O) groups excluding carboxylic acids is 3. The van der Waals surface area contributed by atoms with Crippen LogP contribution in [0.2, 0.25) is 0 Å². The first-order chi connectivity index (χ1) is 16.7. The van der Waals surface area contributed by atoms with E-state index in [1.165, 1.54) is 0 Å². The molecule has 0 spiro atoms. The summed E-state index contributed by atoms with van der Waals surface area (Å²) < 4.78 is 4.56. The molecule has 208 valence electrons. The molecule has 2 amide bonds. The van der Waals surface area contributed by atoms with Gasteiger partial charge in [0.05, 0.1) is 6.42 Å². The molecule has 1 heterocycles. The predicted octanol–water partition coefficient (Wildman–Crippen LogP) is -3.33. The van der Waals surface area contributed by atoms with Crippen molar-refractivity contribution in [1.29, 1.82) is 0 Å². The third-order valence-electron chi connectivity index (χ3n) is 4.44. The van der Waals surface area contributed by atoms with E-state index in [9.17, 15) is 28.8 Å². The van der Waals surface area contributed by atoms with Crippen molar-refractivity contribution in [3.63, 3.8) is 0 Å². The van der Waals surface area contributed by atoms with Crippen LogP contribution >= 0.6 is 0 Å². The molecule has 0 radical (unpaired) electrons. The Morgan fingerprint density at radius 2 is 1.64 bits per heavy atom. The van der Waals surface area contributed by atoms with Crippen LogP contribution in [0.4, 0.5) is 0 Å². The number of amides is 2. The Labute approximate surface area is 208 Å². The van der Waals surface area contributed by atoms with Gasteiger partial charge in [0.2, 0.25) is 11.8 Å². The molecule has 0 aromatic rings. The van der Waals surface area contributed by atoms with Crippen molar-refractivity contribution in [3.05, 3.63) is 0 Å². The second-order valence-corrected chi connectivity index (χ2v) is 7.71. The molecule has 0 saturated carbocycles. The Bertz CT molecular complexity index is 730. The number of carboxylic acids is 3. The van der Waals surface area contributed by atoms with Gasteiger partial charge < -0.3 is 53.6 Å². The number of hydrogen-bond acceptors (Lipinski definition) is 11. The number of nitrogens with one attached hydrogen (secondary N) is 2. The van der Waals surface area contributed by atoms with Crippen LogP contribution in [0, 0.1) is 0 Å². The van der Waals surface area contributed by atoms with Gasteiger partial charge in [0.15, 0.2) is 6.04 Å². The molecule has 4 atom stereocenters. The van der Waals surface area contributed by atoms with Gasteiger partial charge >= 0.3 is 23.9 Å². The van der Waals surface area contributed by atoms with Crippen molar-refractivity contribution in [2.75, 3.05) is 19.7 Å². The fourth-order valence-corrected chi connectivity index (χ4v) is 2.52. The van der Waals surface area contributed by atoms with Crippen LogP contribution < -0.4 is 33.6 Å². The molecule has 0 bridgehead atoms. The van der Waals surface area contributed by atoms with Gasteiger partial charge in [-0.15, -0.1) is 0 Å². The zero-order chi connectivity index (χ0) is 28.3. The Kier molecular flexibility index (Phi) is 19.3. The van der Waals surface area contributed by atoms with Crippen LogP contribution in [0.3, 0.4) is 0 Å². The number of aliphatic carboxylic acids is 3. The molecule has 0 unspecified atom stereocenters. The number of ether oxygens (including phenoxy) is 1. The van der Waals surface area contributed by atoms with Crippen molar-refractivity contribution in [2.24, 2.45) is 22.9 Å². The molecule has 0 aliphatic carbocycles. The van der Waals surface area contributed by atoms with E-state index in [0.29, 0.717) is 13.0 Å².